The summed E-state index contributed by atoms with van der Waals surface area (Å²) >= 11 is 1.83. The lowest BCUT2D eigenvalue weighted by Crippen LogP contribution is -2.49. The third kappa shape index (κ3) is 3.57. The molecule has 2 aliphatic rings. The smallest absolute Gasteiger partial charge is 0.126 e. The van der Waals surface area contributed by atoms with E-state index in [9.17, 15) is 4.39 Å². The summed E-state index contributed by atoms with van der Waals surface area (Å²) in [5.41, 5.74) is 0. The Morgan fingerprint density at radius 2 is 2.13 bits per heavy atom. The van der Waals surface area contributed by atoms with Gasteiger partial charge in [-0.1, -0.05) is 12.1 Å². The number of nitrogens with zero attached hydrogens (tertiary/aromatic N) is 2. The van der Waals surface area contributed by atoms with Crippen LogP contribution in [-0.2, 0) is 6.54 Å². The van der Waals surface area contributed by atoms with Crippen LogP contribution >= 0.6 is 11.3 Å². The van der Waals surface area contributed by atoms with Crippen molar-refractivity contribution in [2.75, 3.05) is 26.2 Å². The molecule has 2 aromatic rings. The molecule has 0 saturated carbocycles. The van der Waals surface area contributed by atoms with Gasteiger partial charge in [-0.15, -0.1) is 11.3 Å². The number of rotatable bonds is 4. The summed E-state index contributed by atoms with van der Waals surface area (Å²) in [4.78, 5) is 6.50. The summed E-state index contributed by atoms with van der Waals surface area (Å²) in [7, 11) is 0. The third-order valence-corrected chi connectivity index (χ3v) is 5.58. The molecule has 2 aliphatic heterocycles. The second-order valence-electron chi connectivity index (χ2n) is 6.40. The van der Waals surface area contributed by atoms with Gasteiger partial charge in [0.1, 0.15) is 17.7 Å². The minimum atomic E-state index is -0.236. The maximum absolute atomic E-state index is 13.3. The van der Waals surface area contributed by atoms with Gasteiger partial charge in [0, 0.05) is 56.1 Å². The number of ether oxygens (including phenoxy) is 1. The Morgan fingerprint density at radius 3 is 2.96 bits per heavy atom. The molecule has 3 nitrogen and oxygen atoms in total. The highest BCUT2D eigenvalue weighted by atomic mass is 32.1. The van der Waals surface area contributed by atoms with E-state index in [1.165, 1.54) is 17.0 Å². The predicted molar refractivity (Wildman–Crippen MR) is 90.4 cm³/mol. The summed E-state index contributed by atoms with van der Waals surface area (Å²) in [5, 5.41) is 2.14. The van der Waals surface area contributed by atoms with E-state index in [4.69, 9.17) is 4.74 Å². The van der Waals surface area contributed by atoms with Crippen LogP contribution in [0, 0.1) is 5.82 Å². The van der Waals surface area contributed by atoms with Gasteiger partial charge >= 0.3 is 0 Å². The molecule has 122 valence electrons. The zero-order valence-corrected chi connectivity index (χ0v) is 13.8. The summed E-state index contributed by atoms with van der Waals surface area (Å²) in [6, 6.07) is 11.4. The molecule has 1 aromatic heterocycles. The van der Waals surface area contributed by atoms with E-state index in [1.807, 2.05) is 17.4 Å². The number of thiophene rings is 1. The average molecular weight is 332 g/mol. The van der Waals surface area contributed by atoms with Crippen molar-refractivity contribution in [3.63, 3.8) is 0 Å². The van der Waals surface area contributed by atoms with E-state index in [2.05, 4.69) is 27.3 Å². The van der Waals surface area contributed by atoms with Crippen LogP contribution in [-0.4, -0.2) is 48.1 Å². The van der Waals surface area contributed by atoms with Crippen molar-refractivity contribution in [3.05, 3.63) is 52.5 Å². The van der Waals surface area contributed by atoms with Crippen LogP contribution < -0.4 is 4.74 Å². The molecule has 1 aromatic carbocycles. The number of piperazine rings is 1. The Bertz CT molecular complexity index is 648. The highest BCUT2D eigenvalue weighted by Gasteiger charge is 2.37. The molecular weight excluding hydrogens is 311 g/mol. The van der Waals surface area contributed by atoms with Crippen molar-refractivity contribution in [2.45, 2.75) is 25.1 Å². The van der Waals surface area contributed by atoms with Gasteiger partial charge < -0.3 is 4.74 Å². The monoisotopic (exact) mass is 332 g/mol. The normalized spacial score (nSPS) is 25.4. The van der Waals surface area contributed by atoms with Gasteiger partial charge in [0.2, 0.25) is 0 Å². The number of halogens is 1. The van der Waals surface area contributed by atoms with Gasteiger partial charge in [-0.05, 0) is 23.6 Å². The first-order chi connectivity index (χ1) is 11.3. The average Bonchev–Trinajstić information content (AvgIpc) is 3.16. The van der Waals surface area contributed by atoms with E-state index in [0.717, 1.165) is 39.1 Å². The quantitative estimate of drug-likeness (QED) is 0.855. The molecule has 0 spiro atoms. The van der Waals surface area contributed by atoms with Crippen molar-refractivity contribution >= 4 is 11.3 Å². The van der Waals surface area contributed by atoms with Crippen molar-refractivity contribution in [1.82, 2.24) is 9.80 Å². The molecule has 0 unspecified atom stereocenters. The third-order valence-electron chi connectivity index (χ3n) is 4.72. The Morgan fingerprint density at radius 1 is 1.17 bits per heavy atom. The fourth-order valence-electron chi connectivity index (χ4n) is 3.65. The molecule has 23 heavy (non-hydrogen) atoms. The first-order valence-corrected chi connectivity index (χ1v) is 9.05. The second kappa shape index (κ2) is 6.59. The van der Waals surface area contributed by atoms with Crippen LogP contribution in [0.5, 0.6) is 5.75 Å². The summed E-state index contributed by atoms with van der Waals surface area (Å²) in [6.07, 6.45) is 1.20. The largest absolute Gasteiger partial charge is 0.489 e. The minimum absolute atomic E-state index is 0.170. The molecule has 0 bridgehead atoms. The van der Waals surface area contributed by atoms with E-state index in [-0.39, 0.29) is 11.9 Å². The predicted octanol–water partition coefficient (Wildman–Crippen LogP) is 3.22. The van der Waals surface area contributed by atoms with Gasteiger partial charge in [0.15, 0.2) is 0 Å². The molecule has 3 heterocycles. The van der Waals surface area contributed by atoms with Crippen LogP contribution in [0.15, 0.2) is 41.8 Å². The molecule has 0 aliphatic carbocycles. The first-order valence-electron chi connectivity index (χ1n) is 8.17. The van der Waals surface area contributed by atoms with Crippen molar-refractivity contribution < 1.29 is 9.13 Å². The lowest BCUT2D eigenvalue weighted by molar-refractivity contribution is 0.0985. The van der Waals surface area contributed by atoms with Gasteiger partial charge in [0.25, 0.3) is 0 Å². The topological polar surface area (TPSA) is 15.7 Å². The fourth-order valence-corrected chi connectivity index (χ4v) is 4.39. The van der Waals surface area contributed by atoms with E-state index in [0.29, 0.717) is 11.8 Å². The van der Waals surface area contributed by atoms with Crippen molar-refractivity contribution in [1.29, 1.82) is 0 Å². The Hall–Kier alpha value is -1.43. The SMILES string of the molecule is Fc1cccc(O[C@H]2C[C@H]3CN(Cc4cccs4)CCN3C2)c1. The fraction of sp³-hybridized carbons (Fsp3) is 0.444. The summed E-state index contributed by atoms with van der Waals surface area (Å²) in [6.45, 7) is 5.31. The van der Waals surface area contributed by atoms with Crippen molar-refractivity contribution in [2.24, 2.45) is 0 Å². The van der Waals surface area contributed by atoms with Gasteiger partial charge in [0.05, 0.1) is 0 Å². The van der Waals surface area contributed by atoms with Crippen LogP contribution in [0.25, 0.3) is 0 Å². The Balaban J connectivity index is 1.34. The number of fused-ring (bicyclic) bond motifs is 1. The molecule has 0 N–H and O–H groups in total. The zero-order chi connectivity index (χ0) is 15.6. The molecule has 5 heteroatoms. The van der Waals surface area contributed by atoms with Gasteiger partial charge in [-0.3, -0.25) is 9.80 Å². The maximum atomic E-state index is 13.3. The van der Waals surface area contributed by atoms with Crippen LogP contribution in [0.2, 0.25) is 0 Å². The lowest BCUT2D eigenvalue weighted by Gasteiger charge is -2.36. The van der Waals surface area contributed by atoms with Crippen LogP contribution in [0.1, 0.15) is 11.3 Å². The van der Waals surface area contributed by atoms with Gasteiger partial charge in [-0.25, -0.2) is 4.39 Å². The summed E-state index contributed by atoms with van der Waals surface area (Å²) in [5.74, 6) is 0.408. The Kier molecular flexibility index (Phi) is 4.33. The molecule has 0 amide bonds. The van der Waals surface area contributed by atoms with E-state index in [1.54, 1.807) is 6.07 Å². The first kappa shape index (κ1) is 15.1. The van der Waals surface area contributed by atoms with E-state index < -0.39 is 0 Å². The maximum Gasteiger partial charge on any atom is 0.126 e. The highest BCUT2D eigenvalue weighted by Crippen LogP contribution is 2.27. The molecule has 2 atom stereocenters. The summed E-state index contributed by atoms with van der Waals surface area (Å²) < 4.78 is 19.3. The molecular formula is C18H21FN2OS. The Labute approximate surface area is 140 Å². The van der Waals surface area contributed by atoms with Crippen LogP contribution in [0.3, 0.4) is 0 Å². The minimum Gasteiger partial charge on any atom is -0.489 e. The van der Waals surface area contributed by atoms with Crippen molar-refractivity contribution in [3.8, 4) is 5.75 Å². The molecule has 4 rings (SSSR count). The van der Waals surface area contributed by atoms with Crippen LogP contribution in [0.4, 0.5) is 4.39 Å². The second-order valence-corrected chi connectivity index (χ2v) is 7.43. The standard InChI is InChI=1S/C18H21FN2OS/c19-14-3-1-4-16(9-14)22-17-10-15-11-20(6-7-21(15)12-17)13-18-5-2-8-23-18/h1-5,8-9,15,17H,6-7,10-13H2/t15-,17-/m0/s1. The molecule has 2 saturated heterocycles. The number of benzene rings is 1. The molecule has 2 fully saturated rings. The number of hydrogen-bond donors (Lipinski definition) is 0. The van der Waals surface area contributed by atoms with E-state index >= 15 is 0 Å². The van der Waals surface area contributed by atoms with Gasteiger partial charge in [-0.2, -0.15) is 0 Å². The number of hydrogen-bond acceptors (Lipinski definition) is 4. The highest BCUT2D eigenvalue weighted by molar-refractivity contribution is 7.09. The molecule has 0 radical (unpaired) electrons. The lowest BCUT2D eigenvalue weighted by atomic mass is 10.1. The zero-order valence-electron chi connectivity index (χ0n) is 13.0.